The molecule has 0 aromatic rings. The molecule has 0 aliphatic carbocycles. The molecule has 100 valence electrons. The van der Waals surface area contributed by atoms with Crippen LogP contribution in [0.15, 0.2) is 0 Å². The molecule has 0 atom stereocenters. The molecule has 0 fully saturated rings. The Morgan fingerprint density at radius 2 is 0.824 bits per heavy atom. The third-order valence-corrected chi connectivity index (χ3v) is 3.46. The van der Waals surface area contributed by atoms with Gasteiger partial charge in [-0.05, 0) is 0 Å². The van der Waals surface area contributed by atoms with Crippen LogP contribution in [0.25, 0.3) is 0 Å². The molecule has 14 heteroatoms. The summed E-state index contributed by atoms with van der Waals surface area (Å²) in [7, 11) is -14.0. The summed E-state index contributed by atoms with van der Waals surface area (Å²) in [6, 6.07) is 0. The van der Waals surface area contributed by atoms with Gasteiger partial charge in [-0.2, -0.15) is 0 Å². The predicted molar refractivity (Wildman–Crippen MR) is 59.7 cm³/mol. The number of rotatable bonds is 6. The van der Waals surface area contributed by atoms with Crippen LogP contribution in [0.1, 0.15) is 0 Å². The van der Waals surface area contributed by atoms with Crippen LogP contribution in [-0.2, 0) is 13.7 Å². The van der Waals surface area contributed by atoms with E-state index in [2.05, 4.69) is 0 Å². The minimum atomic E-state index is -4.65. The van der Waals surface area contributed by atoms with Gasteiger partial charge in [-0.25, -0.2) is 0 Å². The second-order valence-electron chi connectivity index (χ2n) is 3.09. The van der Waals surface area contributed by atoms with Gasteiger partial charge in [0.1, 0.15) is 18.9 Å². The van der Waals surface area contributed by atoms with Crippen molar-refractivity contribution in [2.45, 2.75) is 0 Å². The van der Waals surface area contributed by atoms with Gasteiger partial charge in [0.15, 0.2) is 0 Å². The van der Waals surface area contributed by atoms with Crippen LogP contribution in [0.2, 0.25) is 0 Å². The normalized spacial score (nSPS) is 13.6. The van der Waals surface area contributed by atoms with Crippen molar-refractivity contribution in [3.63, 3.8) is 0 Å². The molecule has 0 radical (unpaired) electrons. The van der Waals surface area contributed by atoms with Gasteiger partial charge in [-0.3, -0.25) is 18.6 Å². The predicted octanol–water partition coefficient (Wildman–Crippen LogP) is -1.95. The number of hydrogen-bond donors (Lipinski definition) is 6. The Hall–Kier alpha value is 1.41. The molecule has 0 aliphatic heterocycles. The van der Waals surface area contributed by atoms with E-state index < -0.39 is 41.6 Å². The first-order valence-electron chi connectivity index (χ1n) is 3.65. The van der Waals surface area contributed by atoms with Gasteiger partial charge in [0, 0.05) is 0 Å². The summed E-state index contributed by atoms with van der Waals surface area (Å²) < 4.78 is 31.7. The number of nitrogens with zero attached hydrogens (tertiary/aromatic N) is 1. The SMILES string of the molecule is O=P(O)(O)CN(CP(=O)(O)O)CP(=O)(O)O.[NaH]. The molecule has 0 amide bonds. The van der Waals surface area contributed by atoms with Gasteiger partial charge in [-0.1, -0.05) is 0 Å². The third kappa shape index (κ3) is 15.4. The van der Waals surface area contributed by atoms with Crippen LogP contribution in [-0.4, -0.2) is 82.7 Å². The minimum absolute atomic E-state index is 0. The Balaban J connectivity index is 0. The number of hydrogen-bond acceptors (Lipinski definition) is 4. The molecular formula is C3H13NNaO9P3. The monoisotopic (exact) mass is 323 g/mol. The molecule has 0 rings (SSSR count). The molecular weight excluding hydrogens is 310 g/mol. The van der Waals surface area contributed by atoms with Crippen LogP contribution < -0.4 is 0 Å². The first-order valence-corrected chi connectivity index (χ1v) is 9.04. The maximum atomic E-state index is 10.6. The molecule has 0 saturated carbocycles. The topological polar surface area (TPSA) is 176 Å². The molecule has 0 unspecified atom stereocenters. The fourth-order valence-electron chi connectivity index (χ4n) is 0.916. The van der Waals surface area contributed by atoms with Gasteiger partial charge in [-0.15, -0.1) is 0 Å². The first-order chi connectivity index (χ1) is 6.79. The van der Waals surface area contributed by atoms with Gasteiger partial charge >= 0.3 is 52.3 Å². The van der Waals surface area contributed by atoms with Crippen molar-refractivity contribution in [3.05, 3.63) is 0 Å². The van der Waals surface area contributed by atoms with E-state index in [0.717, 1.165) is 0 Å². The fraction of sp³-hybridized carbons (Fsp3) is 1.00. The molecule has 0 spiro atoms. The molecule has 0 aromatic carbocycles. The summed E-state index contributed by atoms with van der Waals surface area (Å²) >= 11 is 0. The Bertz CT molecular complexity index is 311. The molecule has 10 nitrogen and oxygen atoms in total. The summed E-state index contributed by atoms with van der Waals surface area (Å²) in [6.45, 7) is 0. The van der Waals surface area contributed by atoms with Crippen LogP contribution in [0.5, 0.6) is 0 Å². The van der Waals surface area contributed by atoms with Crippen molar-refractivity contribution >= 4 is 52.3 Å². The fourth-order valence-corrected chi connectivity index (χ4v) is 3.55. The van der Waals surface area contributed by atoms with E-state index in [1.54, 1.807) is 0 Å². The Morgan fingerprint density at radius 1 is 0.647 bits per heavy atom. The zero-order valence-corrected chi connectivity index (χ0v) is 10.5. The summed E-state index contributed by atoms with van der Waals surface area (Å²) in [6.07, 6.45) is -3.41. The zero-order chi connectivity index (χ0) is 13.2. The Morgan fingerprint density at radius 3 is 0.941 bits per heavy atom. The maximum absolute atomic E-state index is 10.6. The van der Waals surface area contributed by atoms with E-state index in [0.29, 0.717) is 4.90 Å². The van der Waals surface area contributed by atoms with Crippen LogP contribution in [0, 0.1) is 0 Å². The molecule has 0 aromatic heterocycles. The van der Waals surface area contributed by atoms with Crippen molar-refractivity contribution in [1.29, 1.82) is 0 Å². The molecule has 0 bridgehead atoms. The van der Waals surface area contributed by atoms with E-state index in [1.165, 1.54) is 0 Å². The van der Waals surface area contributed by atoms with E-state index in [9.17, 15) is 13.7 Å². The van der Waals surface area contributed by atoms with Gasteiger partial charge < -0.3 is 29.4 Å². The van der Waals surface area contributed by atoms with Crippen LogP contribution in [0.3, 0.4) is 0 Å². The van der Waals surface area contributed by atoms with Crippen LogP contribution in [0.4, 0.5) is 0 Å². The van der Waals surface area contributed by atoms with Crippen molar-refractivity contribution < 1.29 is 43.1 Å². The average molecular weight is 323 g/mol. The Labute approximate surface area is 119 Å². The molecule has 0 saturated heterocycles. The van der Waals surface area contributed by atoms with E-state index in [4.69, 9.17) is 29.4 Å². The summed E-state index contributed by atoms with van der Waals surface area (Å²) in [5, 5.41) is 0. The van der Waals surface area contributed by atoms with Crippen molar-refractivity contribution in [2.24, 2.45) is 0 Å². The van der Waals surface area contributed by atoms with Crippen molar-refractivity contribution in [2.75, 3.05) is 18.9 Å². The second-order valence-corrected chi connectivity index (χ2v) is 7.93. The van der Waals surface area contributed by atoms with E-state index in [1.807, 2.05) is 0 Å². The second kappa shape index (κ2) is 7.26. The van der Waals surface area contributed by atoms with Gasteiger partial charge in [0.05, 0.1) is 0 Å². The molecule has 17 heavy (non-hydrogen) atoms. The van der Waals surface area contributed by atoms with Crippen molar-refractivity contribution in [3.8, 4) is 0 Å². The summed E-state index contributed by atoms with van der Waals surface area (Å²) in [5.41, 5.74) is 0. The van der Waals surface area contributed by atoms with Crippen LogP contribution >= 0.6 is 22.8 Å². The van der Waals surface area contributed by atoms with Gasteiger partial charge in [0.2, 0.25) is 0 Å². The van der Waals surface area contributed by atoms with Crippen molar-refractivity contribution in [1.82, 2.24) is 4.90 Å². The van der Waals surface area contributed by atoms with E-state index in [-0.39, 0.29) is 29.6 Å². The third-order valence-electron chi connectivity index (χ3n) is 1.15. The molecule has 6 N–H and O–H groups in total. The summed E-state index contributed by atoms with van der Waals surface area (Å²) in [4.78, 5) is 51.6. The zero-order valence-electron chi connectivity index (χ0n) is 7.82. The molecule has 0 aliphatic rings. The average Bonchev–Trinajstić information content (AvgIpc) is 1.70. The summed E-state index contributed by atoms with van der Waals surface area (Å²) in [5.74, 6) is 0. The molecule has 0 heterocycles. The standard InChI is InChI=1S/C3H12NO9P3.Na.H/c5-14(6,7)1-4(2-15(8,9)10)3-16(11,12)13;;/h1-3H2,(H2,5,6,7)(H2,8,9,10)(H2,11,12,13);;. The quantitative estimate of drug-likeness (QED) is 0.238. The van der Waals surface area contributed by atoms with E-state index >= 15 is 0 Å². The first kappa shape index (κ1) is 20.7. The Kier molecular flexibility index (Phi) is 8.85. The van der Waals surface area contributed by atoms with Gasteiger partial charge in [0.25, 0.3) is 0 Å².